The summed E-state index contributed by atoms with van der Waals surface area (Å²) in [5.74, 6) is -2.03. The van der Waals surface area contributed by atoms with Gasteiger partial charge in [0.1, 0.15) is 10.2 Å². The Hall–Kier alpha value is -2.72. The van der Waals surface area contributed by atoms with E-state index in [1.54, 1.807) is 53.0 Å². The molecule has 35 heavy (non-hydrogen) atoms. The fourth-order valence-corrected chi connectivity index (χ4v) is 6.06. The number of nitrogens with zero attached hydrogens (tertiary/aromatic N) is 2. The van der Waals surface area contributed by atoms with Crippen LogP contribution in [0.4, 0.5) is 5.69 Å². The third kappa shape index (κ3) is 7.14. The van der Waals surface area contributed by atoms with Gasteiger partial charge in [0.15, 0.2) is 5.75 Å². The van der Waals surface area contributed by atoms with Gasteiger partial charge in [-0.2, -0.15) is 0 Å². The number of hydrogen-bond acceptors (Lipinski definition) is 11. The largest absolute Gasteiger partial charge is 0.748 e. The number of nitrogens with one attached hydrogen (secondary N) is 1. The molecule has 188 valence electrons. The van der Waals surface area contributed by atoms with Gasteiger partial charge in [-0.1, -0.05) is 42.2 Å². The molecule has 0 aliphatic carbocycles. The number of rotatable bonds is 8. The molecular weight excluding hydrogens is 539 g/mol. The van der Waals surface area contributed by atoms with Gasteiger partial charge in [-0.15, -0.1) is 0 Å². The highest BCUT2D eigenvalue weighted by atomic mass is 32.2. The lowest BCUT2D eigenvalue weighted by atomic mass is 10.2. The van der Waals surface area contributed by atoms with Gasteiger partial charge >= 0.3 is 0 Å². The van der Waals surface area contributed by atoms with Gasteiger partial charge in [0, 0.05) is 13.5 Å². The van der Waals surface area contributed by atoms with Crippen molar-refractivity contribution < 1.29 is 35.7 Å². The fourth-order valence-electron chi connectivity index (χ4n) is 3.10. The molecule has 11 nitrogen and oxygen atoms in total. The molecule has 2 amide bonds. The second-order valence-corrected chi connectivity index (χ2v) is 12.3. The van der Waals surface area contributed by atoms with E-state index < -0.39 is 43.6 Å². The van der Waals surface area contributed by atoms with Crippen molar-refractivity contribution in [2.24, 2.45) is 0 Å². The first-order chi connectivity index (χ1) is 16.3. The quantitative estimate of drug-likeness (QED) is 0.280. The average molecular weight is 559 g/mol. The molecule has 0 saturated carbocycles. The SMILES string of the molecule is CC(=O)NS(=O)(=O)CN1C(=O)C(=CC(C)=CC=C2Oc3ccccc3N2CCS(=O)(=O)[O-])SC1=S. The highest BCUT2D eigenvalue weighted by molar-refractivity contribution is 8.26. The molecular formula is C20H20N3O8S4-. The van der Waals surface area contributed by atoms with Gasteiger partial charge in [-0.05, 0) is 36.8 Å². The van der Waals surface area contributed by atoms with Crippen molar-refractivity contribution in [3.63, 3.8) is 0 Å². The van der Waals surface area contributed by atoms with Crippen LogP contribution in [0.1, 0.15) is 13.8 Å². The summed E-state index contributed by atoms with van der Waals surface area (Å²) < 4.78 is 64.9. The van der Waals surface area contributed by atoms with Crippen LogP contribution in [0.2, 0.25) is 0 Å². The van der Waals surface area contributed by atoms with Crippen molar-refractivity contribution in [2.75, 3.05) is 23.1 Å². The third-order valence-corrected chi connectivity index (χ3v) is 7.78. The number of anilines is 1. The van der Waals surface area contributed by atoms with Crippen LogP contribution in [-0.4, -0.2) is 60.6 Å². The standard InChI is InChI=1S/C20H21N3O8S4/c1-13(11-17-19(25)23(20(32)33-17)12-34(26,27)21-14(2)24)7-8-18-22(9-10-35(28,29)30)15-5-3-4-6-16(15)31-18/h3-8,11H,9-10,12H2,1-2H3,(H,21,24)(H,28,29,30)/p-1. The molecule has 0 radical (unpaired) electrons. The van der Waals surface area contributed by atoms with Crippen LogP contribution in [0.3, 0.4) is 0 Å². The normalized spacial score (nSPS) is 18.9. The van der Waals surface area contributed by atoms with E-state index in [-0.39, 0.29) is 21.7 Å². The minimum atomic E-state index is -4.44. The average Bonchev–Trinajstić information content (AvgIpc) is 3.21. The Morgan fingerprint density at radius 2 is 1.89 bits per heavy atom. The predicted octanol–water partition coefficient (Wildman–Crippen LogP) is 1.39. The number of thioether (sulfide) groups is 1. The molecule has 0 spiro atoms. The number of carbonyl (C=O) groups excluding carboxylic acids is 2. The maximum atomic E-state index is 12.7. The molecule has 0 atom stereocenters. The number of fused-ring (bicyclic) bond motifs is 1. The van der Waals surface area contributed by atoms with Crippen molar-refractivity contribution in [3.8, 4) is 5.75 Å². The Morgan fingerprint density at radius 1 is 1.20 bits per heavy atom. The van der Waals surface area contributed by atoms with E-state index in [0.717, 1.165) is 23.6 Å². The van der Waals surface area contributed by atoms with Gasteiger partial charge in [-0.3, -0.25) is 19.2 Å². The molecule has 1 aromatic carbocycles. The first-order valence-electron chi connectivity index (χ1n) is 9.89. The Labute approximate surface area is 212 Å². The minimum Gasteiger partial charge on any atom is -0.748 e. The summed E-state index contributed by atoms with van der Waals surface area (Å²) in [6.45, 7) is 2.62. The lowest BCUT2D eigenvalue weighted by Crippen LogP contribution is -2.40. The zero-order chi connectivity index (χ0) is 26.0. The molecule has 0 bridgehead atoms. The summed E-state index contributed by atoms with van der Waals surface area (Å²) in [5.41, 5.74) is 1.19. The van der Waals surface area contributed by atoms with E-state index >= 15 is 0 Å². The number of ether oxygens (including phenoxy) is 1. The summed E-state index contributed by atoms with van der Waals surface area (Å²) in [5, 5.41) is 0. The molecule has 1 fully saturated rings. The highest BCUT2D eigenvalue weighted by Crippen LogP contribution is 2.38. The maximum Gasteiger partial charge on any atom is 0.267 e. The first kappa shape index (κ1) is 26.9. The van der Waals surface area contributed by atoms with Crippen molar-refractivity contribution in [2.45, 2.75) is 13.8 Å². The Bertz CT molecular complexity index is 1380. The summed E-state index contributed by atoms with van der Waals surface area (Å²) in [6.07, 6.45) is 4.68. The van der Waals surface area contributed by atoms with Crippen molar-refractivity contribution >= 4 is 65.9 Å². The molecule has 0 unspecified atom stereocenters. The van der Waals surface area contributed by atoms with Crippen LogP contribution in [0, 0.1) is 0 Å². The molecule has 3 rings (SSSR count). The summed E-state index contributed by atoms with van der Waals surface area (Å²) in [6, 6.07) is 6.93. The van der Waals surface area contributed by atoms with E-state index in [9.17, 15) is 31.0 Å². The summed E-state index contributed by atoms with van der Waals surface area (Å²) >= 11 is 6.03. The van der Waals surface area contributed by atoms with Crippen LogP contribution in [0.5, 0.6) is 5.75 Å². The second-order valence-electron chi connectivity index (χ2n) is 7.41. The van der Waals surface area contributed by atoms with Crippen LogP contribution in [0.25, 0.3) is 0 Å². The number of para-hydroxylation sites is 2. The minimum absolute atomic E-state index is 0.0286. The van der Waals surface area contributed by atoms with Crippen molar-refractivity contribution in [3.05, 3.63) is 58.9 Å². The molecule has 0 aromatic heterocycles. The topological polar surface area (TPSA) is 153 Å². The molecule has 1 saturated heterocycles. The Balaban J connectivity index is 1.79. The van der Waals surface area contributed by atoms with Gasteiger partial charge in [0.05, 0.1) is 26.5 Å². The first-order valence-corrected chi connectivity index (χ1v) is 14.3. The lowest BCUT2D eigenvalue weighted by Gasteiger charge is -2.19. The van der Waals surface area contributed by atoms with Crippen LogP contribution < -0.4 is 14.4 Å². The van der Waals surface area contributed by atoms with Gasteiger partial charge in [0.2, 0.25) is 11.8 Å². The number of thiocarbonyl (C=S) groups is 1. The molecule has 1 aromatic rings. The molecule has 2 aliphatic heterocycles. The predicted molar refractivity (Wildman–Crippen MR) is 134 cm³/mol. The van der Waals surface area contributed by atoms with E-state index in [2.05, 4.69) is 0 Å². The fraction of sp³-hybridized carbons (Fsp3) is 0.250. The smallest absolute Gasteiger partial charge is 0.267 e. The summed E-state index contributed by atoms with van der Waals surface area (Å²) in [7, 11) is -8.53. The molecule has 15 heteroatoms. The third-order valence-electron chi connectivity index (χ3n) is 4.52. The van der Waals surface area contributed by atoms with E-state index in [0.29, 0.717) is 17.0 Å². The lowest BCUT2D eigenvalue weighted by molar-refractivity contribution is -0.122. The number of benzene rings is 1. The van der Waals surface area contributed by atoms with Crippen LogP contribution in [0.15, 0.2) is 58.9 Å². The van der Waals surface area contributed by atoms with Crippen LogP contribution >= 0.6 is 24.0 Å². The van der Waals surface area contributed by atoms with Gasteiger partial charge < -0.3 is 14.2 Å². The molecule has 1 N–H and O–H groups in total. The highest BCUT2D eigenvalue weighted by Gasteiger charge is 2.35. The van der Waals surface area contributed by atoms with E-state index in [4.69, 9.17) is 17.0 Å². The summed E-state index contributed by atoms with van der Waals surface area (Å²) in [4.78, 5) is 26.3. The van der Waals surface area contributed by atoms with Crippen LogP contribution in [-0.2, 0) is 29.7 Å². The maximum absolute atomic E-state index is 12.7. The second kappa shape index (κ2) is 10.5. The van der Waals surface area contributed by atoms with Crippen molar-refractivity contribution in [1.29, 1.82) is 0 Å². The molecule has 2 aliphatic rings. The zero-order valence-corrected chi connectivity index (χ0v) is 21.7. The van der Waals surface area contributed by atoms with Crippen molar-refractivity contribution in [1.82, 2.24) is 9.62 Å². The number of carbonyl (C=O) groups is 2. The van der Waals surface area contributed by atoms with E-state index in [1.807, 2.05) is 0 Å². The molecule has 2 heterocycles. The number of hydrogen-bond donors (Lipinski definition) is 1. The monoisotopic (exact) mass is 558 g/mol. The Kier molecular flexibility index (Phi) is 8.06. The number of sulfonamides is 1. The van der Waals surface area contributed by atoms with Gasteiger partial charge in [0.25, 0.3) is 15.9 Å². The number of amides is 2. The number of allylic oxidation sites excluding steroid dienone is 4. The van der Waals surface area contributed by atoms with Gasteiger partial charge in [-0.25, -0.2) is 16.8 Å². The Morgan fingerprint density at radius 3 is 2.54 bits per heavy atom. The van der Waals surface area contributed by atoms with E-state index in [1.165, 1.54) is 6.08 Å². The zero-order valence-electron chi connectivity index (χ0n) is 18.5.